The van der Waals surface area contributed by atoms with Crippen LogP contribution in [-0.4, -0.2) is 24.0 Å². The van der Waals surface area contributed by atoms with E-state index in [0.29, 0.717) is 12.0 Å². The van der Waals surface area contributed by atoms with Crippen LogP contribution in [0.25, 0.3) is 0 Å². The van der Waals surface area contributed by atoms with E-state index in [1.807, 2.05) is 13.0 Å². The average molecular weight is 308 g/mol. The maximum atomic E-state index is 12.3. The van der Waals surface area contributed by atoms with Crippen molar-refractivity contribution in [2.45, 2.75) is 25.8 Å². The van der Waals surface area contributed by atoms with Gasteiger partial charge in [-0.15, -0.1) is 0 Å². The van der Waals surface area contributed by atoms with Crippen LogP contribution in [-0.2, 0) is 14.3 Å². The normalized spacial score (nSPS) is 13.0. The number of amides is 1. The predicted octanol–water partition coefficient (Wildman–Crippen LogP) is 1.72. The van der Waals surface area contributed by atoms with E-state index in [2.05, 4.69) is 5.32 Å². The molecule has 2 atom stereocenters. The molecule has 0 aliphatic carbocycles. The number of hydrogen-bond acceptors (Lipinski definition) is 4. The first kappa shape index (κ1) is 17.1. The first-order valence-corrected chi connectivity index (χ1v) is 7.14. The molecule has 1 aromatic carbocycles. The van der Waals surface area contributed by atoms with Gasteiger partial charge in [0.1, 0.15) is 0 Å². The fraction of sp³-hybridized carbons (Fsp3) is 0.400. The molecule has 0 radical (unpaired) electrons. The largest absolute Gasteiger partial charge is 0.467 e. The summed E-state index contributed by atoms with van der Waals surface area (Å²) in [6.45, 7) is 1.94. The van der Waals surface area contributed by atoms with Gasteiger partial charge in [-0.3, -0.25) is 4.79 Å². The Morgan fingerprint density at radius 1 is 1.33 bits per heavy atom. The van der Waals surface area contributed by atoms with Crippen LogP contribution in [0.1, 0.15) is 31.4 Å². The van der Waals surface area contributed by atoms with Gasteiger partial charge in [0.15, 0.2) is 6.04 Å². The number of benzene rings is 1. The minimum atomic E-state index is -0.864. The molecule has 0 fully saturated rings. The molecule has 5 nitrogen and oxygen atoms in total. The third-order valence-electron chi connectivity index (χ3n) is 3.09. The second kappa shape index (κ2) is 8.36. The minimum Gasteiger partial charge on any atom is -0.467 e. The van der Waals surface area contributed by atoms with Crippen molar-refractivity contribution in [1.29, 1.82) is 0 Å². The van der Waals surface area contributed by atoms with Crippen LogP contribution in [0, 0.1) is 5.92 Å². The van der Waals surface area contributed by atoms with Crippen LogP contribution in [0.5, 0.6) is 0 Å². The highest BCUT2D eigenvalue weighted by atomic mass is 32.1. The van der Waals surface area contributed by atoms with Crippen molar-refractivity contribution >= 4 is 29.1 Å². The zero-order chi connectivity index (χ0) is 15.8. The number of nitrogens with one attached hydrogen (secondary N) is 1. The molecular weight excluding hydrogens is 288 g/mol. The number of rotatable bonds is 7. The number of nitrogens with two attached hydrogens (primary N) is 1. The van der Waals surface area contributed by atoms with E-state index in [0.717, 1.165) is 6.42 Å². The van der Waals surface area contributed by atoms with E-state index in [1.54, 1.807) is 24.3 Å². The van der Waals surface area contributed by atoms with E-state index in [-0.39, 0.29) is 10.9 Å². The standard InChI is InChI=1S/C15H20N2O3S/c1-3-7-11(13(16)21)14(18)17-12(15(19)20-2)10-8-5-4-6-9-10/h4-6,8-9,11-12H,3,7H2,1-2H3,(H2,16,21)(H,17,18). The topological polar surface area (TPSA) is 81.4 Å². The summed E-state index contributed by atoms with van der Waals surface area (Å²) >= 11 is 4.92. The number of carbonyl (C=O) groups is 2. The Balaban J connectivity index is 2.94. The van der Waals surface area contributed by atoms with Gasteiger partial charge in [0.2, 0.25) is 5.91 Å². The van der Waals surface area contributed by atoms with Crippen LogP contribution in [0.3, 0.4) is 0 Å². The summed E-state index contributed by atoms with van der Waals surface area (Å²) in [6, 6.07) is 8.03. The quantitative estimate of drug-likeness (QED) is 0.592. The van der Waals surface area contributed by atoms with Gasteiger partial charge in [-0.05, 0) is 12.0 Å². The first-order valence-electron chi connectivity index (χ1n) is 6.73. The van der Waals surface area contributed by atoms with Crippen LogP contribution in [0.15, 0.2) is 30.3 Å². The molecule has 6 heteroatoms. The Labute approximate surface area is 129 Å². The summed E-state index contributed by atoms with van der Waals surface area (Å²) < 4.78 is 4.75. The van der Waals surface area contributed by atoms with Gasteiger partial charge in [0, 0.05) is 0 Å². The van der Waals surface area contributed by atoms with Crippen LogP contribution in [0.2, 0.25) is 0 Å². The average Bonchev–Trinajstić information content (AvgIpc) is 2.49. The smallest absolute Gasteiger partial charge is 0.333 e. The summed E-state index contributed by atoms with van der Waals surface area (Å²) in [5.74, 6) is -1.47. The van der Waals surface area contributed by atoms with Gasteiger partial charge >= 0.3 is 5.97 Å². The van der Waals surface area contributed by atoms with Crippen LogP contribution in [0.4, 0.5) is 0 Å². The Hall–Kier alpha value is -1.95. The predicted molar refractivity (Wildman–Crippen MR) is 84.5 cm³/mol. The molecule has 0 bridgehead atoms. The lowest BCUT2D eigenvalue weighted by Gasteiger charge is -2.20. The number of esters is 1. The third-order valence-corrected chi connectivity index (χ3v) is 3.38. The summed E-state index contributed by atoms with van der Waals surface area (Å²) in [4.78, 5) is 24.3. The summed E-state index contributed by atoms with van der Waals surface area (Å²) in [5.41, 5.74) is 6.25. The lowest BCUT2D eigenvalue weighted by atomic mass is 10.0. The van der Waals surface area contributed by atoms with Crippen LogP contribution >= 0.6 is 12.2 Å². The maximum absolute atomic E-state index is 12.3. The zero-order valence-corrected chi connectivity index (χ0v) is 13.0. The molecular formula is C15H20N2O3S. The fourth-order valence-electron chi connectivity index (χ4n) is 1.98. The number of carbonyl (C=O) groups excluding carboxylic acids is 2. The molecule has 0 aromatic heterocycles. The fourth-order valence-corrected chi connectivity index (χ4v) is 2.20. The highest BCUT2D eigenvalue weighted by Gasteiger charge is 2.28. The Bertz CT molecular complexity index is 505. The second-order valence-electron chi connectivity index (χ2n) is 4.62. The summed E-state index contributed by atoms with van der Waals surface area (Å²) in [6.07, 6.45) is 1.31. The molecule has 1 rings (SSSR count). The molecule has 0 aliphatic heterocycles. The van der Waals surface area contributed by atoms with Gasteiger partial charge in [-0.2, -0.15) is 0 Å². The molecule has 3 N–H and O–H groups in total. The van der Waals surface area contributed by atoms with Crippen molar-refractivity contribution in [2.75, 3.05) is 7.11 Å². The number of hydrogen-bond donors (Lipinski definition) is 2. The van der Waals surface area contributed by atoms with Crippen molar-refractivity contribution in [1.82, 2.24) is 5.32 Å². The molecule has 0 spiro atoms. The zero-order valence-electron chi connectivity index (χ0n) is 12.2. The van der Waals surface area contributed by atoms with Gasteiger partial charge in [-0.1, -0.05) is 55.9 Å². The minimum absolute atomic E-state index is 0.131. The van der Waals surface area contributed by atoms with Crippen molar-refractivity contribution in [3.05, 3.63) is 35.9 Å². The molecule has 0 heterocycles. The van der Waals surface area contributed by atoms with Crippen LogP contribution < -0.4 is 11.1 Å². The molecule has 0 saturated heterocycles. The van der Waals surface area contributed by atoms with Crippen molar-refractivity contribution in [3.8, 4) is 0 Å². The van der Waals surface area contributed by atoms with Gasteiger partial charge < -0.3 is 15.8 Å². The monoisotopic (exact) mass is 308 g/mol. The second-order valence-corrected chi connectivity index (χ2v) is 5.09. The Morgan fingerprint density at radius 3 is 2.43 bits per heavy atom. The van der Waals surface area contributed by atoms with Crippen molar-refractivity contribution < 1.29 is 14.3 Å². The molecule has 0 aliphatic rings. The molecule has 21 heavy (non-hydrogen) atoms. The summed E-state index contributed by atoms with van der Waals surface area (Å²) in [5, 5.41) is 2.67. The SMILES string of the molecule is CCCC(C(=O)NC(C(=O)OC)c1ccccc1)C(N)=S. The van der Waals surface area contributed by atoms with Gasteiger partial charge in [0.05, 0.1) is 18.0 Å². The molecule has 0 saturated carbocycles. The Kier molecular flexibility index (Phi) is 6.81. The van der Waals surface area contributed by atoms with Gasteiger partial charge in [0.25, 0.3) is 0 Å². The van der Waals surface area contributed by atoms with Crippen molar-refractivity contribution in [3.63, 3.8) is 0 Å². The summed E-state index contributed by atoms with van der Waals surface area (Å²) in [7, 11) is 1.28. The first-order chi connectivity index (χ1) is 10.0. The van der Waals surface area contributed by atoms with Gasteiger partial charge in [-0.25, -0.2) is 4.79 Å². The molecule has 1 amide bonds. The third kappa shape index (κ3) is 4.82. The highest BCUT2D eigenvalue weighted by molar-refractivity contribution is 7.80. The van der Waals surface area contributed by atoms with E-state index in [1.165, 1.54) is 7.11 Å². The molecule has 2 unspecified atom stereocenters. The van der Waals surface area contributed by atoms with E-state index in [9.17, 15) is 9.59 Å². The van der Waals surface area contributed by atoms with E-state index in [4.69, 9.17) is 22.7 Å². The molecule has 1 aromatic rings. The number of ether oxygens (including phenoxy) is 1. The lowest BCUT2D eigenvalue weighted by molar-refractivity contribution is -0.145. The molecule has 114 valence electrons. The lowest BCUT2D eigenvalue weighted by Crippen LogP contribution is -2.42. The van der Waals surface area contributed by atoms with E-state index >= 15 is 0 Å². The Morgan fingerprint density at radius 2 is 1.95 bits per heavy atom. The van der Waals surface area contributed by atoms with Crippen molar-refractivity contribution in [2.24, 2.45) is 11.7 Å². The maximum Gasteiger partial charge on any atom is 0.333 e. The number of thiocarbonyl (C=S) groups is 1. The van der Waals surface area contributed by atoms with E-state index < -0.39 is 17.9 Å². The number of methoxy groups -OCH3 is 1. The highest BCUT2D eigenvalue weighted by Crippen LogP contribution is 2.16.